The second kappa shape index (κ2) is 21.2. The molecule has 0 N–H and O–H groups in total. The molecule has 0 saturated carbocycles. The molecule has 0 saturated heterocycles. The molecule has 190 valence electrons. The van der Waals surface area contributed by atoms with Crippen LogP contribution in [0.4, 0.5) is 0 Å². The third-order valence-electron chi connectivity index (χ3n) is 6.05. The number of carbonyl (C=O) groups excluding carboxylic acids is 2. The van der Waals surface area contributed by atoms with Gasteiger partial charge in [0.2, 0.25) is 0 Å². The zero-order chi connectivity index (χ0) is 24.4. The van der Waals surface area contributed by atoms with Gasteiger partial charge in [-0.25, -0.2) is 8.42 Å². The fourth-order valence-electron chi connectivity index (χ4n) is 3.27. The van der Waals surface area contributed by atoms with Crippen LogP contribution >= 0.6 is 0 Å². The van der Waals surface area contributed by atoms with E-state index in [4.69, 9.17) is 9.47 Å². The first-order chi connectivity index (χ1) is 15.1. The van der Waals surface area contributed by atoms with E-state index >= 15 is 0 Å². The second-order valence-corrected chi connectivity index (χ2v) is 10.6. The first kappa shape index (κ1) is 35.0. The van der Waals surface area contributed by atoms with Crippen LogP contribution in [0.2, 0.25) is 0 Å². The molecular weight excluding hydrogens is 455 g/mol. The van der Waals surface area contributed by atoms with Crippen LogP contribution < -0.4 is 29.6 Å². The molecule has 0 fully saturated rings. The quantitative estimate of drug-likeness (QED) is 0.109. The molecule has 33 heavy (non-hydrogen) atoms. The SMILES string of the molecule is CCC(C)CCCCCCOC(=O)CC(C(=O)OCCCCCCC(C)CC)S(=O)(=O)[O-].[Na+]. The molecule has 0 aromatic rings. The van der Waals surface area contributed by atoms with Gasteiger partial charge in [-0.1, -0.05) is 91.9 Å². The van der Waals surface area contributed by atoms with Crippen molar-refractivity contribution in [3.63, 3.8) is 0 Å². The molecule has 0 aliphatic rings. The largest absolute Gasteiger partial charge is 1.00 e. The monoisotopic (exact) mass is 500 g/mol. The molecule has 0 heterocycles. The molecule has 3 unspecified atom stereocenters. The van der Waals surface area contributed by atoms with Crippen molar-refractivity contribution in [2.75, 3.05) is 13.2 Å². The fraction of sp³-hybridized carbons (Fsp3) is 0.917. The number of carbonyl (C=O) groups is 2. The molecule has 0 aromatic heterocycles. The van der Waals surface area contributed by atoms with Crippen molar-refractivity contribution in [1.29, 1.82) is 0 Å². The molecule has 0 bridgehead atoms. The Morgan fingerprint density at radius 2 is 1.18 bits per heavy atom. The van der Waals surface area contributed by atoms with Gasteiger partial charge in [0.15, 0.2) is 5.25 Å². The first-order valence-electron chi connectivity index (χ1n) is 12.4. The summed E-state index contributed by atoms with van der Waals surface area (Å²) in [4.78, 5) is 24.0. The molecule has 3 atom stereocenters. The van der Waals surface area contributed by atoms with Crippen molar-refractivity contribution in [3.05, 3.63) is 0 Å². The number of rotatable bonds is 20. The molecular formula is C24H45NaO7S. The minimum absolute atomic E-state index is 0. The summed E-state index contributed by atoms with van der Waals surface area (Å²) in [6, 6.07) is 0. The van der Waals surface area contributed by atoms with Crippen LogP contribution in [0.15, 0.2) is 0 Å². The summed E-state index contributed by atoms with van der Waals surface area (Å²) in [5, 5.41) is -2.05. The summed E-state index contributed by atoms with van der Waals surface area (Å²) in [6.45, 7) is 8.97. The molecule has 0 spiro atoms. The molecule has 9 heteroatoms. The van der Waals surface area contributed by atoms with Crippen molar-refractivity contribution < 1.29 is 61.6 Å². The van der Waals surface area contributed by atoms with Crippen LogP contribution in [0, 0.1) is 11.8 Å². The summed E-state index contributed by atoms with van der Waals surface area (Å²) in [7, 11) is -5.00. The standard InChI is InChI=1S/C24H46O7S.Na/c1-5-20(3)15-11-7-9-13-17-30-23(25)19-22(32(27,28)29)24(26)31-18-14-10-8-12-16-21(4)6-2;/h20-22H,5-19H2,1-4H3,(H,27,28,29);/q;+1/p-1. The van der Waals surface area contributed by atoms with Crippen LogP contribution in [-0.2, 0) is 29.2 Å². The van der Waals surface area contributed by atoms with Gasteiger partial charge < -0.3 is 14.0 Å². The van der Waals surface area contributed by atoms with E-state index < -0.39 is 33.7 Å². The third kappa shape index (κ3) is 19.8. The summed E-state index contributed by atoms with van der Waals surface area (Å²) < 4.78 is 44.3. The third-order valence-corrected chi connectivity index (χ3v) is 7.10. The molecule has 0 aliphatic carbocycles. The smallest absolute Gasteiger partial charge is 0.747 e. The number of hydrogen-bond donors (Lipinski definition) is 0. The topological polar surface area (TPSA) is 110 Å². The minimum Gasteiger partial charge on any atom is -0.747 e. The van der Waals surface area contributed by atoms with E-state index in [2.05, 4.69) is 27.7 Å². The maximum Gasteiger partial charge on any atom is 1.00 e. The Morgan fingerprint density at radius 1 is 0.758 bits per heavy atom. The average Bonchev–Trinajstić information content (AvgIpc) is 2.74. The van der Waals surface area contributed by atoms with Gasteiger partial charge in [0, 0.05) is 0 Å². The predicted octanol–water partition coefficient (Wildman–Crippen LogP) is 2.37. The van der Waals surface area contributed by atoms with Crippen LogP contribution in [0.1, 0.15) is 111 Å². The molecule has 0 amide bonds. The summed E-state index contributed by atoms with van der Waals surface area (Å²) in [6.07, 6.45) is 11.2. The van der Waals surface area contributed by atoms with E-state index in [-0.39, 0.29) is 42.8 Å². The molecule has 0 aromatic carbocycles. The van der Waals surface area contributed by atoms with E-state index in [1.165, 1.54) is 12.8 Å². The second-order valence-electron chi connectivity index (χ2n) is 9.01. The summed E-state index contributed by atoms with van der Waals surface area (Å²) >= 11 is 0. The number of esters is 2. The van der Waals surface area contributed by atoms with Gasteiger partial charge in [0.25, 0.3) is 0 Å². The number of hydrogen-bond acceptors (Lipinski definition) is 7. The van der Waals surface area contributed by atoms with E-state index in [0.29, 0.717) is 24.7 Å². The van der Waals surface area contributed by atoms with Gasteiger partial charge in [0.05, 0.1) is 19.6 Å². The van der Waals surface area contributed by atoms with E-state index in [0.717, 1.165) is 51.4 Å². The Kier molecular flexibility index (Phi) is 22.5. The zero-order valence-electron chi connectivity index (χ0n) is 21.6. The van der Waals surface area contributed by atoms with Gasteiger partial charge in [0.1, 0.15) is 10.1 Å². The molecule has 0 radical (unpaired) electrons. The Bertz CT molecular complexity index is 610. The van der Waals surface area contributed by atoms with E-state index in [1.807, 2.05) is 0 Å². The molecule has 0 rings (SSSR count). The molecule has 7 nitrogen and oxygen atoms in total. The predicted molar refractivity (Wildman–Crippen MR) is 125 cm³/mol. The zero-order valence-corrected chi connectivity index (χ0v) is 24.4. The van der Waals surface area contributed by atoms with E-state index in [9.17, 15) is 22.6 Å². The van der Waals surface area contributed by atoms with Crippen LogP contribution in [0.5, 0.6) is 0 Å². The van der Waals surface area contributed by atoms with Crippen molar-refractivity contribution in [2.24, 2.45) is 11.8 Å². The Balaban J connectivity index is 0. The average molecular weight is 501 g/mol. The Hall–Kier alpha value is -0.150. The molecule has 0 aliphatic heterocycles. The first-order valence-corrected chi connectivity index (χ1v) is 13.9. The Morgan fingerprint density at radius 3 is 1.61 bits per heavy atom. The van der Waals surface area contributed by atoms with Crippen molar-refractivity contribution in [2.45, 2.75) is 116 Å². The summed E-state index contributed by atoms with van der Waals surface area (Å²) in [5.41, 5.74) is 0. The normalized spacial score (nSPS) is 14.1. The number of unbranched alkanes of at least 4 members (excludes halogenated alkanes) is 6. The van der Waals surface area contributed by atoms with Gasteiger partial charge in [-0.05, 0) is 24.7 Å². The van der Waals surface area contributed by atoms with E-state index in [1.54, 1.807) is 0 Å². The summed E-state index contributed by atoms with van der Waals surface area (Å²) in [5.74, 6) is -0.615. The Labute approximate surface area is 224 Å². The van der Waals surface area contributed by atoms with Gasteiger partial charge in [-0.3, -0.25) is 9.59 Å². The maximum atomic E-state index is 12.1. The van der Waals surface area contributed by atoms with Crippen LogP contribution in [-0.4, -0.2) is 43.4 Å². The van der Waals surface area contributed by atoms with Gasteiger partial charge >= 0.3 is 41.5 Å². The van der Waals surface area contributed by atoms with Crippen molar-refractivity contribution in [1.82, 2.24) is 0 Å². The van der Waals surface area contributed by atoms with Crippen LogP contribution in [0.3, 0.4) is 0 Å². The van der Waals surface area contributed by atoms with Crippen molar-refractivity contribution >= 4 is 22.1 Å². The van der Waals surface area contributed by atoms with Gasteiger partial charge in [-0.15, -0.1) is 0 Å². The number of ether oxygens (including phenoxy) is 2. The van der Waals surface area contributed by atoms with Crippen LogP contribution in [0.25, 0.3) is 0 Å². The minimum atomic E-state index is -5.00. The van der Waals surface area contributed by atoms with Crippen molar-refractivity contribution in [3.8, 4) is 0 Å². The van der Waals surface area contributed by atoms with Gasteiger partial charge in [-0.2, -0.15) is 0 Å². The fourth-order valence-corrected chi connectivity index (χ4v) is 3.91. The maximum absolute atomic E-state index is 12.1.